The minimum Gasteiger partial charge on any atom is -0.455 e. The summed E-state index contributed by atoms with van der Waals surface area (Å²) >= 11 is 0. The first-order valence-electron chi connectivity index (χ1n) is 11.3. The number of aryl methyl sites for hydroxylation is 1. The molecule has 5 rings (SSSR count). The maximum Gasteiger partial charge on any atom is 0.255 e. The van der Waals surface area contributed by atoms with Gasteiger partial charge in [-0.3, -0.25) is 9.59 Å². The lowest BCUT2D eigenvalue weighted by Gasteiger charge is -2.13. The second-order valence-corrected chi connectivity index (χ2v) is 8.86. The predicted octanol–water partition coefficient (Wildman–Crippen LogP) is 5.04. The van der Waals surface area contributed by atoms with Crippen LogP contribution in [0.1, 0.15) is 39.1 Å². The minimum absolute atomic E-state index is 0.301. The second kappa shape index (κ2) is 8.51. The third-order valence-electron chi connectivity index (χ3n) is 6.44. The molecular weight excluding hydrogens is 447 g/mol. The van der Waals surface area contributed by atoms with Gasteiger partial charge in [0.1, 0.15) is 23.4 Å². The Morgan fingerprint density at radius 3 is 2.34 bits per heavy atom. The molecule has 176 valence electrons. The maximum absolute atomic E-state index is 13.5. The number of rotatable bonds is 6. The van der Waals surface area contributed by atoms with Gasteiger partial charge in [-0.15, -0.1) is 0 Å². The van der Waals surface area contributed by atoms with Gasteiger partial charge in [0.2, 0.25) is 0 Å². The third kappa shape index (κ3) is 4.10. The van der Waals surface area contributed by atoms with Gasteiger partial charge in [-0.05, 0) is 85.0 Å². The Labute approximate surface area is 201 Å². The number of furan rings is 1. The smallest absolute Gasteiger partial charge is 0.255 e. The van der Waals surface area contributed by atoms with Crippen LogP contribution in [0.5, 0.6) is 0 Å². The standard InChI is InChI=1S/C28H23FN2O4/c1-16-3-4-19(26(33)31-28(15-32)11-12-28)14-21(16)18-7-10-23-22(13-18)24(27(34)30-2)25(35-23)17-5-8-20(29)9-6-17/h3-10,13-15H,11-12H2,1-2H3,(H,30,34)(H,31,33). The molecule has 0 atom stereocenters. The molecule has 0 bridgehead atoms. The third-order valence-corrected chi connectivity index (χ3v) is 6.44. The zero-order chi connectivity index (χ0) is 24.7. The van der Waals surface area contributed by atoms with Gasteiger partial charge in [-0.2, -0.15) is 0 Å². The highest BCUT2D eigenvalue weighted by Gasteiger charge is 2.44. The molecule has 2 N–H and O–H groups in total. The summed E-state index contributed by atoms with van der Waals surface area (Å²) in [5.41, 5.74) is 3.73. The molecule has 1 fully saturated rings. The number of halogens is 1. The number of aldehydes is 1. The van der Waals surface area contributed by atoms with E-state index >= 15 is 0 Å². The molecule has 2 amide bonds. The van der Waals surface area contributed by atoms with Gasteiger partial charge >= 0.3 is 0 Å². The fourth-order valence-electron chi connectivity index (χ4n) is 4.20. The minimum atomic E-state index is -0.739. The van der Waals surface area contributed by atoms with E-state index < -0.39 is 5.54 Å². The fourth-order valence-corrected chi connectivity index (χ4v) is 4.20. The Morgan fingerprint density at radius 2 is 1.69 bits per heavy atom. The number of amides is 2. The lowest BCUT2D eigenvalue weighted by Crippen LogP contribution is -2.37. The number of nitrogens with one attached hydrogen (secondary N) is 2. The molecule has 4 aromatic rings. The highest BCUT2D eigenvalue weighted by Crippen LogP contribution is 2.37. The van der Waals surface area contributed by atoms with Crippen molar-refractivity contribution in [1.29, 1.82) is 0 Å². The summed E-state index contributed by atoms with van der Waals surface area (Å²) in [4.78, 5) is 36.9. The van der Waals surface area contributed by atoms with E-state index in [1.807, 2.05) is 25.1 Å². The van der Waals surface area contributed by atoms with Crippen molar-refractivity contribution in [2.24, 2.45) is 0 Å². The van der Waals surface area contributed by atoms with Crippen molar-refractivity contribution in [2.75, 3.05) is 7.05 Å². The first-order valence-corrected chi connectivity index (χ1v) is 11.3. The van der Waals surface area contributed by atoms with Crippen molar-refractivity contribution in [1.82, 2.24) is 10.6 Å². The molecule has 1 saturated carbocycles. The maximum atomic E-state index is 13.5. The van der Waals surface area contributed by atoms with Crippen molar-refractivity contribution >= 4 is 29.1 Å². The quantitative estimate of drug-likeness (QED) is 0.387. The van der Waals surface area contributed by atoms with E-state index in [2.05, 4.69) is 10.6 Å². The Morgan fingerprint density at radius 1 is 0.971 bits per heavy atom. The van der Waals surface area contributed by atoms with Crippen LogP contribution in [0, 0.1) is 12.7 Å². The van der Waals surface area contributed by atoms with Crippen LogP contribution in [0.25, 0.3) is 33.4 Å². The topological polar surface area (TPSA) is 88.4 Å². The van der Waals surface area contributed by atoms with E-state index in [1.165, 1.54) is 19.2 Å². The van der Waals surface area contributed by atoms with Crippen LogP contribution in [0.4, 0.5) is 4.39 Å². The van der Waals surface area contributed by atoms with Gasteiger partial charge < -0.3 is 19.8 Å². The fraction of sp³-hybridized carbons (Fsp3) is 0.179. The molecule has 0 aliphatic heterocycles. The van der Waals surface area contributed by atoms with Crippen LogP contribution >= 0.6 is 0 Å². The highest BCUT2D eigenvalue weighted by molar-refractivity contribution is 6.12. The van der Waals surface area contributed by atoms with Crippen LogP contribution in [0.15, 0.2) is 65.1 Å². The first-order chi connectivity index (χ1) is 16.8. The molecule has 0 saturated heterocycles. The van der Waals surface area contributed by atoms with Gasteiger partial charge in [-0.1, -0.05) is 12.1 Å². The molecule has 1 heterocycles. The Hall–Kier alpha value is -4.26. The molecule has 0 unspecified atom stereocenters. The van der Waals surface area contributed by atoms with Crippen LogP contribution in [0.3, 0.4) is 0 Å². The average Bonchev–Trinajstić information content (AvgIpc) is 3.54. The summed E-state index contributed by atoms with van der Waals surface area (Å²) in [5, 5.41) is 6.08. The zero-order valence-electron chi connectivity index (χ0n) is 19.3. The average molecular weight is 471 g/mol. The summed E-state index contributed by atoms with van der Waals surface area (Å²) in [6.45, 7) is 1.94. The summed E-state index contributed by atoms with van der Waals surface area (Å²) in [5.74, 6) is -0.655. The van der Waals surface area contributed by atoms with Crippen molar-refractivity contribution in [3.63, 3.8) is 0 Å². The summed E-state index contributed by atoms with van der Waals surface area (Å²) in [7, 11) is 1.54. The van der Waals surface area contributed by atoms with Crippen molar-refractivity contribution in [2.45, 2.75) is 25.3 Å². The Kier molecular flexibility index (Phi) is 5.47. The Balaban J connectivity index is 1.60. The zero-order valence-corrected chi connectivity index (χ0v) is 19.3. The van der Waals surface area contributed by atoms with E-state index in [0.29, 0.717) is 46.3 Å². The van der Waals surface area contributed by atoms with Crippen LogP contribution in [-0.4, -0.2) is 30.7 Å². The SMILES string of the molecule is CNC(=O)c1c(-c2ccc(F)cc2)oc2ccc(-c3cc(C(=O)NC4(C=O)CC4)ccc3C)cc12. The van der Waals surface area contributed by atoms with E-state index in [1.54, 1.807) is 30.3 Å². The first kappa shape index (κ1) is 22.5. The van der Waals surface area contributed by atoms with Gasteiger partial charge in [0.15, 0.2) is 0 Å². The number of hydrogen-bond donors (Lipinski definition) is 2. The van der Waals surface area contributed by atoms with Gasteiger partial charge in [0.05, 0.1) is 11.1 Å². The lowest BCUT2D eigenvalue weighted by molar-refractivity contribution is -0.110. The van der Waals surface area contributed by atoms with Crippen LogP contribution in [0.2, 0.25) is 0 Å². The van der Waals surface area contributed by atoms with Crippen molar-refractivity contribution < 1.29 is 23.2 Å². The number of fused-ring (bicyclic) bond motifs is 1. The number of carbonyl (C=O) groups is 3. The lowest BCUT2D eigenvalue weighted by atomic mass is 9.95. The summed E-state index contributed by atoms with van der Waals surface area (Å²) < 4.78 is 19.5. The molecule has 3 aromatic carbocycles. The van der Waals surface area contributed by atoms with E-state index in [-0.39, 0.29) is 17.6 Å². The van der Waals surface area contributed by atoms with Crippen molar-refractivity contribution in [3.8, 4) is 22.5 Å². The number of benzene rings is 3. The molecule has 1 aromatic heterocycles. The van der Waals surface area contributed by atoms with Crippen LogP contribution in [-0.2, 0) is 4.79 Å². The number of carbonyl (C=O) groups excluding carboxylic acids is 3. The normalized spacial score (nSPS) is 13.9. The Bertz CT molecular complexity index is 1480. The van der Waals surface area contributed by atoms with E-state index in [0.717, 1.165) is 23.0 Å². The molecule has 1 aliphatic carbocycles. The van der Waals surface area contributed by atoms with Gasteiger partial charge in [-0.25, -0.2) is 4.39 Å². The molecular formula is C28H23FN2O4. The van der Waals surface area contributed by atoms with Gasteiger partial charge in [0, 0.05) is 23.6 Å². The monoisotopic (exact) mass is 470 g/mol. The number of hydrogen-bond acceptors (Lipinski definition) is 4. The van der Waals surface area contributed by atoms with E-state index in [4.69, 9.17) is 4.42 Å². The van der Waals surface area contributed by atoms with Crippen molar-refractivity contribution in [3.05, 3.63) is 83.2 Å². The molecule has 6 nitrogen and oxygen atoms in total. The molecule has 35 heavy (non-hydrogen) atoms. The largest absolute Gasteiger partial charge is 0.455 e. The molecule has 7 heteroatoms. The van der Waals surface area contributed by atoms with E-state index in [9.17, 15) is 18.8 Å². The molecule has 0 spiro atoms. The highest BCUT2D eigenvalue weighted by atomic mass is 19.1. The second-order valence-electron chi connectivity index (χ2n) is 8.86. The van der Waals surface area contributed by atoms with Gasteiger partial charge in [0.25, 0.3) is 11.8 Å². The summed E-state index contributed by atoms with van der Waals surface area (Å²) in [6, 6.07) is 16.6. The molecule has 0 radical (unpaired) electrons. The predicted molar refractivity (Wildman–Crippen MR) is 131 cm³/mol. The van der Waals surface area contributed by atoms with Crippen LogP contribution < -0.4 is 10.6 Å². The molecule has 1 aliphatic rings. The summed E-state index contributed by atoms with van der Waals surface area (Å²) in [6.07, 6.45) is 2.10.